The zero-order valence-electron chi connectivity index (χ0n) is 21.9. The fraction of sp³-hybridized carbons (Fsp3) is 0.500. The number of para-hydroxylation sites is 1. The number of aliphatic hydroxyl groups is 2. The van der Waals surface area contributed by atoms with Crippen LogP contribution in [0.3, 0.4) is 0 Å². The molecule has 6 rings (SSSR count). The number of piperidine rings is 1. The van der Waals surface area contributed by atoms with E-state index >= 15 is 0 Å². The molecule has 4 N–H and O–H groups in total. The lowest BCUT2D eigenvalue weighted by molar-refractivity contribution is -0.153. The minimum Gasteiger partial charge on any atom is -0.508 e. The van der Waals surface area contributed by atoms with Crippen molar-refractivity contribution in [2.24, 2.45) is 5.92 Å². The number of rotatable bonds is 8. The number of likely N-dealkylation sites (tertiary alicyclic amines) is 1. The number of benzene rings is 2. The Labute approximate surface area is 222 Å². The van der Waals surface area contributed by atoms with Crippen molar-refractivity contribution in [3.05, 3.63) is 64.9 Å². The molecule has 2 aliphatic carbocycles. The number of carbonyl (C=O) groups is 1. The molecular weight excluding hydrogens is 484 g/mol. The van der Waals surface area contributed by atoms with Crippen LogP contribution in [0.5, 0.6) is 17.2 Å². The Hall–Kier alpha value is -3.23. The Balaban J connectivity index is 1.28. The Bertz CT molecular complexity index is 1270. The van der Waals surface area contributed by atoms with Crippen LogP contribution in [0.4, 0.5) is 0 Å². The Morgan fingerprint density at radius 3 is 2.71 bits per heavy atom. The summed E-state index contributed by atoms with van der Waals surface area (Å²) in [4.78, 5) is 15.4. The van der Waals surface area contributed by atoms with Crippen LogP contribution in [-0.2, 0) is 16.6 Å². The number of hydrogen-bond acceptors (Lipinski definition) is 7. The fourth-order valence-electron chi connectivity index (χ4n) is 6.87. The summed E-state index contributed by atoms with van der Waals surface area (Å²) < 4.78 is 11.9. The van der Waals surface area contributed by atoms with Gasteiger partial charge in [0.15, 0.2) is 17.6 Å². The molecule has 2 aromatic carbocycles. The average molecular weight is 521 g/mol. The highest BCUT2D eigenvalue weighted by Crippen LogP contribution is 2.63. The van der Waals surface area contributed by atoms with Crippen molar-refractivity contribution in [1.29, 1.82) is 0 Å². The molecule has 38 heavy (non-hydrogen) atoms. The van der Waals surface area contributed by atoms with Gasteiger partial charge in [-0.05, 0) is 75.8 Å². The Kier molecular flexibility index (Phi) is 6.07. The summed E-state index contributed by atoms with van der Waals surface area (Å²) in [6.45, 7) is 5.64. The first-order valence-electron chi connectivity index (χ1n) is 13.6. The summed E-state index contributed by atoms with van der Waals surface area (Å²) in [5.74, 6) is 1.02. The third-order valence-corrected chi connectivity index (χ3v) is 9.11. The number of ether oxygens (including phenoxy) is 2. The number of nitrogens with one attached hydrogen (secondary N) is 1. The first-order valence-corrected chi connectivity index (χ1v) is 13.6. The second kappa shape index (κ2) is 9.20. The van der Waals surface area contributed by atoms with Crippen molar-refractivity contribution in [2.45, 2.75) is 62.7 Å². The summed E-state index contributed by atoms with van der Waals surface area (Å²) in [6, 6.07) is 12.7. The third kappa shape index (κ3) is 3.84. The first-order chi connectivity index (χ1) is 18.2. The number of nitrogens with zero attached hydrogens (tertiary/aromatic N) is 1. The molecule has 202 valence electrons. The van der Waals surface area contributed by atoms with E-state index in [0.717, 1.165) is 24.2 Å². The molecule has 8 heteroatoms. The van der Waals surface area contributed by atoms with Gasteiger partial charge in [-0.15, -0.1) is 0 Å². The van der Waals surface area contributed by atoms with Gasteiger partial charge in [0.1, 0.15) is 18.1 Å². The molecule has 2 fully saturated rings. The molecule has 1 amide bonds. The number of hydrogen-bond donors (Lipinski definition) is 4. The maximum atomic E-state index is 13.0. The van der Waals surface area contributed by atoms with Crippen LogP contribution < -0.4 is 14.8 Å². The van der Waals surface area contributed by atoms with Gasteiger partial charge in [-0.25, -0.2) is 0 Å². The number of phenols is 1. The zero-order valence-corrected chi connectivity index (χ0v) is 21.9. The number of phenolic OH excluding ortho intramolecular Hbond substituents is 1. The smallest absolute Gasteiger partial charge is 0.250 e. The largest absolute Gasteiger partial charge is 0.508 e. The van der Waals surface area contributed by atoms with Gasteiger partial charge in [-0.3, -0.25) is 9.69 Å². The first kappa shape index (κ1) is 25.1. The van der Waals surface area contributed by atoms with Crippen molar-refractivity contribution < 1.29 is 29.6 Å². The third-order valence-electron chi connectivity index (χ3n) is 9.11. The van der Waals surface area contributed by atoms with Crippen LogP contribution >= 0.6 is 0 Å². The van der Waals surface area contributed by atoms with Crippen LogP contribution in [0.1, 0.15) is 44.2 Å². The zero-order chi connectivity index (χ0) is 26.7. The summed E-state index contributed by atoms with van der Waals surface area (Å²) >= 11 is 0. The Morgan fingerprint density at radius 1 is 1.21 bits per heavy atom. The fourth-order valence-corrected chi connectivity index (χ4v) is 6.87. The molecule has 1 saturated carbocycles. The van der Waals surface area contributed by atoms with E-state index in [-0.39, 0.29) is 36.3 Å². The van der Waals surface area contributed by atoms with Crippen LogP contribution in [0.2, 0.25) is 0 Å². The number of fused-ring (bicyclic) bond motifs is 1. The predicted octanol–water partition coefficient (Wildman–Crippen LogP) is 3.21. The predicted molar refractivity (Wildman–Crippen MR) is 142 cm³/mol. The van der Waals surface area contributed by atoms with Crippen molar-refractivity contribution in [2.75, 3.05) is 26.2 Å². The van der Waals surface area contributed by atoms with Crippen molar-refractivity contribution in [1.82, 2.24) is 10.2 Å². The quantitative estimate of drug-likeness (QED) is 0.240. The highest BCUT2D eigenvalue weighted by atomic mass is 16.5. The van der Waals surface area contributed by atoms with Gasteiger partial charge in [-0.1, -0.05) is 24.3 Å². The summed E-state index contributed by atoms with van der Waals surface area (Å²) in [5, 5.41) is 37.3. The number of aromatic hydroxyl groups is 1. The van der Waals surface area contributed by atoms with Gasteiger partial charge in [-0.2, -0.15) is 0 Å². The average Bonchev–Trinajstić information content (AvgIpc) is 3.65. The SMILES string of the molecule is C/C(C(=O)NCCOc1ccccc1)=C(/O)[C@@H]1Oc2c(O)ccc3c2[C@@]12CCN(CC1CC1)[C@H](C3)[C@@]2(C)O. The molecule has 0 radical (unpaired) electrons. The summed E-state index contributed by atoms with van der Waals surface area (Å²) in [7, 11) is 0. The van der Waals surface area contributed by atoms with E-state index in [1.54, 1.807) is 13.0 Å². The second-order valence-corrected chi connectivity index (χ2v) is 11.4. The van der Waals surface area contributed by atoms with Crippen molar-refractivity contribution in [3.8, 4) is 17.2 Å². The molecule has 4 aliphatic rings. The molecule has 0 unspecified atom stereocenters. The van der Waals surface area contributed by atoms with Gasteiger partial charge in [0, 0.05) is 18.2 Å². The van der Waals surface area contributed by atoms with E-state index in [9.17, 15) is 20.1 Å². The van der Waals surface area contributed by atoms with Gasteiger partial charge >= 0.3 is 0 Å². The highest BCUT2D eigenvalue weighted by Gasteiger charge is 2.69. The lowest BCUT2D eigenvalue weighted by atomic mass is 9.53. The summed E-state index contributed by atoms with van der Waals surface area (Å²) in [6.07, 6.45) is 2.65. The van der Waals surface area contributed by atoms with Crippen LogP contribution in [-0.4, -0.2) is 70.1 Å². The maximum Gasteiger partial charge on any atom is 0.250 e. The van der Waals surface area contributed by atoms with E-state index in [1.165, 1.54) is 12.8 Å². The minimum atomic E-state index is -1.24. The molecule has 1 spiro atoms. The molecule has 1 saturated heterocycles. The molecule has 8 nitrogen and oxygen atoms in total. The van der Waals surface area contributed by atoms with Crippen molar-refractivity contribution >= 4 is 5.91 Å². The molecule has 0 aromatic heterocycles. The Morgan fingerprint density at radius 2 is 1.97 bits per heavy atom. The standard InChI is InChI=1S/C30H36N2O6/c1-18(28(35)31-13-15-37-21-6-4-3-5-7-21)25(34)27-30-12-14-32(17-19-8-9-19)23(29(30,2)36)16-20-10-11-22(33)26(38-27)24(20)30/h3-7,10-11,19,23,27,33-34,36H,8-9,12-17H2,1-2H3,(H,31,35)/b25-18-/t23-,27+,29-,30+/m1/s1. The molecular formula is C30H36N2O6. The lowest BCUT2D eigenvalue weighted by Crippen LogP contribution is -2.73. The molecule has 2 bridgehead atoms. The normalized spacial score (nSPS) is 30.2. The highest BCUT2D eigenvalue weighted by molar-refractivity contribution is 5.93. The molecule has 2 aromatic rings. The van der Waals surface area contributed by atoms with E-state index in [0.29, 0.717) is 30.3 Å². The van der Waals surface area contributed by atoms with Gasteiger partial charge in [0.2, 0.25) is 0 Å². The monoisotopic (exact) mass is 520 g/mol. The van der Waals surface area contributed by atoms with E-state index in [2.05, 4.69) is 10.2 Å². The molecule has 2 heterocycles. The maximum absolute atomic E-state index is 13.0. The number of aliphatic hydroxyl groups excluding tert-OH is 1. The lowest BCUT2D eigenvalue weighted by Gasteiger charge is -2.59. The minimum absolute atomic E-state index is 0.0201. The van der Waals surface area contributed by atoms with Gasteiger partial charge < -0.3 is 30.1 Å². The summed E-state index contributed by atoms with van der Waals surface area (Å²) in [5.41, 5.74) is -0.320. The van der Waals surface area contributed by atoms with E-state index in [4.69, 9.17) is 9.47 Å². The second-order valence-electron chi connectivity index (χ2n) is 11.4. The van der Waals surface area contributed by atoms with Crippen LogP contribution in [0.25, 0.3) is 0 Å². The number of carbonyl (C=O) groups excluding carboxylic acids is 1. The molecule has 4 atom stereocenters. The van der Waals surface area contributed by atoms with Gasteiger partial charge in [0.05, 0.1) is 23.1 Å². The van der Waals surface area contributed by atoms with Crippen molar-refractivity contribution in [3.63, 3.8) is 0 Å². The van der Waals surface area contributed by atoms with Crippen LogP contribution in [0, 0.1) is 5.92 Å². The number of amides is 1. The molecule has 2 aliphatic heterocycles. The topological polar surface area (TPSA) is 111 Å². The van der Waals surface area contributed by atoms with E-state index < -0.39 is 23.0 Å². The van der Waals surface area contributed by atoms with E-state index in [1.807, 2.05) is 43.3 Å². The van der Waals surface area contributed by atoms with Gasteiger partial charge in [0.25, 0.3) is 5.91 Å². The van der Waals surface area contributed by atoms with Crippen LogP contribution in [0.15, 0.2) is 53.8 Å².